The molecule has 0 saturated carbocycles. The van der Waals surface area contributed by atoms with Crippen LogP contribution in [0.3, 0.4) is 0 Å². The zero-order valence-corrected chi connectivity index (χ0v) is 40.0. The molecule has 16 nitrogen and oxygen atoms in total. The van der Waals surface area contributed by atoms with Crippen LogP contribution in [0.2, 0.25) is 0 Å². The van der Waals surface area contributed by atoms with Crippen LogP contribution >= 0.6 is 23.5 Å². The number of hydrogen-bond acceptors (Lipinski definition) is 14. The molecular weight excluding hydrogens is 919 g/mol. The van der Waals surface area contributed by atoms with E-state index >= 15 is 0 Å². The second-order valence-corrected chi connectivity index (χ2v) is 19.0. The van der Waals surface area contributed by atoms with Crippen molar-refractivity contribution in [2.45, 2.75) is 71.5 Å². The first-order valence-electron chi connectivity index (χ1n) is 22.7. The van der Waals surface area contributed by atoms with E-state index in [0.29, 0.717) is 50.6 Å². The van der Waals surface area contributed by atoms with Gasteiger partial charge in [0.25, 0.3) is 0 Å². The summed E-state index contributed by atoms with van der Waals surface area (Å²) in [4.78, 5) is 14.5. The van der Waals surface area contributed by atoms with Gasteiger partial charge in [0.15, 0.2) is 11.6 Å². The van der Waals surface area contributed by atoms with Crippen LogP contribution < -0.4 is 0 Å². The van der Waals surface area contributed by atoms with Gasteiger partial charge in [0.2, 0.25) is 0 Å². The Bertz CT molecular complexity index is 3170. The summed E-state index contributed by atoms with van der Waals surface area (Å²) in [5, 5.41) is 47.0. The number of aromatic nitrogens is 10. The molecule has 69 heavy (non-hydrogen) atoms. The number of methoxy groups -OCH3 is 1. The Morgan fingerprint density at radius 2 is 1.13 bits per heavy atom. The minimum absolute atomic E-state index is 0.182. The van der Waals surface area contributed by atoms with Crippen LogP contribution in [0.1, 0.15) is 60.3 Å². The molecule has 2 saturated heterocycles. The lowest BCUT2D eigenvalue weighted by molar-refractivity contribution is 0.119. The lowest BCUT2D eigenvalue weighted by atomic mass is 10.0. The highest BCUT2D eigenvalue weighted by Gasteiger charge is 2.26. The molecule has 0 spiro atoms. The Morgan fingerprint density at radius 1 is 0.681 bits per heavy atom. The fraction of sp³-hybridized carbons (Fsp3) is 0.347. The molecule has 0 unspecified atom stereocenters. The molecule has 8 aromatic heterocycles. The van der Waals surface area contributed by atoms with Crippen molar-refractivity contribution in [1.82, 2.24) is 58.6 Å². The number of likely N-dealkylation sites (tertiary alicyclic amines) is 2. The number of pyridine rings is 4. The van der Waals surface area contributed by atoms with Crippen molar-refractivity contribution in [3.63, 3.8) is 0 Å². The molecular formula is C49H50F2N14O2S2. The van der Waals surface area contributed by atoms with Crippen LogP contribution in [0.15, 0.2) is 106 Å². The average Bonchev–Trinajstić information content (AvgIpc) is 4.18. The van der Waals surface area contributed by atoms with E-state index in [9.17, 15) is 24.4 Å². The number of aliphatic hydroxyl groups excluding tert-OH is 1. The fourth-order valence-corrected chi connectivity index (χ4v) is 11.1. The monoisotopic (exact) mass is 968 g/mol. The van der Waals surface area contributed by atoms with Gasteiger partial charge in [-0.05, 0) is 75.9 Å². The summed E-state index contributed by atoms with van der Waals surface area (Å²) in [6, 6.07) is 14.8. The smallest absolute Gasteiger partial charge is 0.155 e. The van der Waals surface area contributed by atoms with Gasteiger partial charge in [-0.15, -0.1) is 0 Å². The minimum Gasteiger partial charge on any atom is -0.395 e. The van der Waals surface area contributed by atoms with Gasteiger partial charge in [0, 0.05) is 115 Å². The third kappa shape index (κ3) is 10.1. The van der Waals surface area contributed by atoms with Crippen LogP contribution in [0, 0.1) is 48.1 Å². The third-order valence-electron chi connectivity index (χ3n) is 12.8. The number of fused-ring (bicyclic) bond motifs is 2. The topological polar surface area (TPSA) is 180 Å². The highest BCUT2D eigenvalue weighted by Crippen LogP contribution is 2.39. The average molecular weight is 969 g/mol. The normalized spacial score (nSPS) is 15.1. The van der Waals surface area contributed by atoms with Crippen LogP contribution in [-0.4, -0.2) is 123 Å². The maximum Gasteiger partial charge on any atom is 0.155 e. The molecule has 0 atom stereocenters. The largest absolute Gasteiger partial charge is 0.395 e. The van der Waals surface area contributed by atoms with Crippen molar-refractivity contribution in [3.8, 4) is 34.4 Å². The Kier molecular flexibility index (Phi) is 14.8. The molecule has 10 rings (SSSR count). The van der Waals surface area contributed by atoms with E-state index in [1.165, 1.54) is 48.1 Å². The first-order valence-corrected chi connectivity index (χ1v) is 24.3. The Labute approximate surface area is 406 Å². The predicted octanol–water partition coefficient (Wildman–Crippen LogP) is 8.04. The number of β-amino-alcohol motifs (C(OH)–C–C–N with tert-alkyl or cyclic N) is 1. The van der Waals surface area contributed by atoms with Crippen molar-refractivity contribution in [2.24, 2.45) is 0 Å². The highest BCUT2D eigenvalue weighted by atomic mass is 32.2. The molecule has 0 bridgehead atoms. The number of ether oxygens (including phenoxy) is 1. The quantitative estimate of drug-likeness (QED) is 0.117. The Balaban J connectivity index is 0.000000172. The van der Waals surface area contributed by atoms with Gasteiger partial charge in [-0.2, -0.15) is 30.9 Å². The Morgan fingerprint density at radius 3 is 1.54 bits per heavy atom. The number of rotatable bonds is 13. The van der Waals surface area contributed by atoms with Crippen LogP contribution in [0.4, 0.5) is 8.78 Å². The van der Waals surface area contributed by atoms with Crippen molar-refractivity contribution < 1.29 is 18.6 Å². The zero-order chi connectivity index (χ0) is 48.0. The molecule has 1 N–H and O–H groups in total. The molecule has 20 heteroatoms. The molecule has 2 aliphatic heterocycles. The molecule has 0 aromatic carbocycles. The van der Waals surface area contributed by atoms with Crippen molar-refractivity contribution in [2.75, 3.05) is 59.6 Å². The van der Waals surface area contributed by atoms with E-state index in [4.69, 9.17) is 14.9 Å². The number of nitriles is 2. The minimum atomic E-state index is -0.411. The van der Waals surface area contributed by atoms with Crippen LogP contribution in [0.5, 0.6) is 0 Å². The standard InChI is InChI=1S/C25H26FN7OS.C24H24FN7OS/c1-17-21(15-30-33(17)20-5-8-31(9-6-20)10-11-34-2)18-12-23(35-25-22(26)4-3-7-28-25)24-19(13-27)14-29-32(24)16-18;1-16-20(14-29-32(16)19-4-7-30(8-5-19)9-10-33)17-11-22(34-24-21(25)3-2-6-27-24)23-18(12-26)13-28-31(23)15-17/h3-4,7,12,14-16,20H,5-6,8-11H2,1-2H3;2-3,6,11,13-15,19,33H,4-5,7-10H2,1H3. The summed E-state index contributed by atoms with van der Waals surface area (Å²) in [6.45, 7) is 10.7. The van der Waals surface area contributed by atoms with Gasteiger partial charge in [-0.1, -0.05) is 23.5 Å². The second-order valence-electron chi connectivity index (χ2n) is 16.9. The number of aliphatic hydroxyl groups is 1. The zero-order valence-electron chi connectivity index (χ0n) is 38.4. The SMILES string of the molecule is COCCN1CCC(n2ncc(-c3cc(Sc4ncccc4F)c4c(C#N)cnn4c3)c2C)CC1.Cc1c(-c2cc(Sc3ncccc3F)c3c(C#N)cnn3c2)cnn1C1CCN(CCO)CC1. The lowest BCUT2D eigenvalue weighted by Gasteiger charge is -2.32. The number of halogens is 2. The highest BCUT2D eigenvalue weighted by molar-refractivity contribution is 7.99. The van der Waals surface area contributed by atoms with Crippen molar-refractivity contribution >= 4 is 34.6 Å². The molecule has 0 radical (unpaired) electrons. The van der Waals surface area contributed by atoms with Gasteiger partial charge in [-0.3, -0.25) is 9.36 Å². The lowest BCUT2D eigenvalue weighted by Crippen LogP contribution is -2.37. The molecule has 0 amide bonds. The van der Waals surface area contributed by atoms with E-state index in [1.807, 2.05) is 36.9 Å². The summed E-state index contributed by atoms with van der Waals surface area (Å²) in [6.07, 6.45) is 17.7. The van der Waals surface area contributed by atoms with E-state index < -0.39 is 11.6 Å². The molecule has 0 aliphatic carbocycles. The van der Waals surface area contributed by atoms with Gasteiger partial charge in [0.1, 0.15) is 22.2 Å². The molecule has 2 aliphatic rings. The fourth-order valence-electron chi connectivity index (χ4n) is 9.17. The third-order valence-corrected chi connectivity index (χ3v) is 14.9. The van der Waals surface area contributed by atoms with E-state index in [0.717, 1.165) is 98.7 Å². The van der Waals surface area contributed by atoms with Crippen molar-refractivity contribution in [1.29, 1.82) is 10.5 Å². The van der Waals surface area contributed by atoms with Gasteiger partial charge in [-0.25, -0.2) is 27.8 Å². The maximum absolute atomic E-state index is 14.4. The number of hydrogen-bond donors (Lipinski definition) is 1. The van der Waals surface area contributed by atoms with Crippen molar-refractivity contribution in [3.05, 3.63) is 120 Å². The molecule has 354 valence electrons. The second kappa shape index (κ2) is 21.4. The number of piperidine rings is 2. The van der Waals surface area contributed by atoms with Crippen LogP contribution in [-0.2, 0) is 4.74 Å². The van der Waals surface area contributed by atoms with E-state index in [-0.39, 0.29) is 16.7 Å². The Hall–Kier alpha value is -6.52. The van der Waals surface area contributed by atoms with Crippen LogP contribution in [0.25, 0.3) is 33.3 Å². The first-order chi connectivity index (χ1) is 33.7. The van der Waals surface area contributed by atoms with E-state index in [2.05, 4.69) is 65.3 Å². The predicted molar refractivity (Wildman–Crippen MR) is 257 cm³/mol. The molecule has 8 aromatic rings. The van der Waals surface area contributed by atoms with Gasteiger partial charge in [0.05, 0.1) is 72.2 Å². The maximum atomic E-state index is 14.4. The summed E-state index contributed by atoms with van der Waals surface area (Å²) >= 11 is 2.37. The summed E-state index contributed by atoms with van der Waals surface area (Å²) < 4.78 is 41.5. The van der Waals surface area contributed by atoms with Gasteiger partial charge < -0.3 is 19.6 Å². The molecule has 2 fully saturated rings. The van der Waals surface area contributed by atoms with Gasteiger partial charge >= 0.3 is 0 Å². The first kappa shape index (κ1) is 47.5. The molecule has 10 heterocycles. The summed E-state index contributed by atoms with van der Waals surface area (Å²) in [5.41, 5.74) is 8.01. The summed E-state index contributed by atoms with van der Waals surface area (Å²) in [7, 11) is 1.74. The number of nitrogens with zero attached hydrogens (tertiary/aromatic N) is 14. The van der Waals surface area contributed by atoms with E-state index in [1.54, 1.807) is 40.7 Å². The summed E-state index contributed by atoms with van der Waals surface area (Å²) in [5.74, 6) is -0.814.